The molecule has 0 bridgehead atoms. The third-order valence-electron chi connectivity index (χ3n) is 4.43. The topological polar surface area (TPSA) is 74.6 Å². The molecule has 1 N–H and O–H groups in total. The molecule has 0 saturated carbocycles. The van der Waals surface area contributed by atoms with E-state index in [2.05, 4.69) is 10.3 Å². The first-order chi connectivity index (χ1) is 13.0. The van der Waals surface area contributed by atoms with Gasteiger partial charge in [-0.3, -0.25) is 4.79 Å². The summed E-state index contributed by atoms with van der Waals surface area (Å²) in [6.45, 7) is 0.465. The van der Waals surface area contributed by atoms with Gasteiger partial charge in [0, 0.05) is 37.7 Å². The minimum absolute atomic E-state index is 0.187. The summed E-state index contributed by atoms with van der Waals surface area (Å²) in [5.74, 6) is 2.62. The van der Waals surface area contributed by atoms with E-state index in [-0.39, 0.29) is 5.91 Å². The maximum absolute atomic E-state index is 12.4. The molecule has 0 spiro atoms. The third kappa shape index (κ3) is 3.97. The Labute approximate surface area is 157 Å². The van der Waals surface area contributed by atoms with Gasteiger partial charge >= 0.3 is 0 Å². The molecule has 0 atom stereocenters. The fourth-order valence-corrected chi connectivity index (χ4v) is 2.91. The molecular weight excluding hydrogens is 346 g/mol. The number of benzene rings is 2. The molecule has 1 aromatic heterocycles. The van der Waals surface area contributed by atoms with Crippen molar-refractivity contribution in [2.24, 2.45) is 7.05 Å². The van der Waals surface area contributed by atoms with Gasteiger partial charge in [-0.15, -0.1) is 0 Å². The molecule has 0 aliphatic heterocycles. The molecule has 3 rings (SSSR count). The minimum Gasteiger partial charge on any atom is -0.497 e. The highest BCUT2D eigenvalue weighted by Crippen LogP contribution is 2.23. The molecule has 0 aliphatic carbocycles. The van der Waals surface area contributed by atoms with E-state index in [1.54, 1.807) is 39.5 Å². The van der Waals surface area contributed by atoms with Crippen LogP contribution in [0.1, 0.15) is 16.2 Å². The quantitative estimate of drug-likeness (QED) is 0.693. The Morgan fingerprint density at radius 1 is 1.00 bits per heavy atom. The van der Waals surface area contributed by atoms with Crippen molar-refractivity contribution in [2.75, 3.05) is 27.9 Å². The van der Waals surface area contributed by atoms with Crippen LogP contribution in [0.3, 0.4) is 0 Å². The minimum atomic E-state index is -0.187. The zero-order valence-electron chi connectivity index (χ0n) is 15.9. The van der Waals surface area contributed by atoms with E-state index >= 15 is 0 Å². The van der Waals surface area contributed by atoms with E-state index in [0.29, 0.717) is 30.0 Å². The number of aromatic nitrogens is 2. The molecule has 2 aromatic carbocycles. The summed E-state index contributed by atoms with van der Waals surface area (Å²) in [7, 11) is 6.70. The summed E-state index contributed by atoms with van der Waals surface area (Å²) in [6, 6.07) is 10.9. The maximum atomic E-state index is 12.4. The van der Waals surface area contributed by atoms with Crippen molar-refractivity contribution < 1.29 is 19.0 Å². The maximum Gasteiger partial charge on any atom is 0.251 e. The number of ether oxygens (including phenoxy) is 3. The number of amides is 1. The second kappa shape index (κ2) is 7.99. The average molecular weight is 369 g/mol. The Balaban J connectivity index is 1.68. The standard InChI is InChI=1S/C20H23N3O4/c1-23-18-6-5-14(25-2)12-17(18)22-19(23)7-8-21-20(24)13-9-15(26-3)11-16(10-13)27-4/h5-6,9-12H,7-8H2,1-4H3,(H,21,24). The monoisotopic (exact) mass is 369 g/mol. The Bertz CT molecular complexity index is 943. The number of hydrogen-bond donors (Lipinski definition) is 1. The fraction of sp³-hybridized carbons (Fsp3) is 0.300. The van der Waals surface area contributed by atoms with Crippen molar-refractivity contribution in [3.05, 3.63) is 47.8 Å². The highest BCUT2D eigenvalue weighted by Gasteiger charge is 2.12. The van der Waals surface area contributed by atoms with Crippen LogP contribution in [0.2, 0.25) is 0 Å². The number of rotatable bonds is 7. The number of hydrogen-bond acceptors (Lipinski definition) is 5. The Kier molecular flexibility index (Phi) is 5.49. The van der Waals surface area contributed by atoms with Crippen molar-refractivity contribution in [2.45, 2.75) is 6.42 Å². The molecule has 27 heavy (non-hydrogen) atoms. The lowest BCUT2D eigenvalue weighted by Crippen LogP contribution is -2.26. The van der Waals surface area contributed by atoms with Gasteiger partial charge in [0.1, 0.15) is 23.1 Å². The fourth-order valence-electron chi connectivity index (χ4n) is 2.91. The van der Waals surface area contributed by atoms with Gasteiger partial charge < -0.3 is 24.1 Å². The summed E-state index contributed by atoms with van der Waals surface area (Å²) in [5, 5.41) is 2.92. The van der Waals surface area contributed by atoms with Crippen LogP contribution in [0.25, 0.3) is 11.0 Å². The van der Waals surface area contributed by atoms with Gasteiger partial charge in [-0.1, -0.05) is 0 Å². The Hall–Kier alpha value is -3.22. The molecule has 7 nitrogen and oxygen atoms in total. The summed E-state index contributed by atoms with van der Waals surface area (Å²) in [6.07, 6.45) is 0.611. The molecule has 0 aliphatic rings. The van der Waals surface area contributed by atoms with Crippen molar-refractivity contribution in [1.82, 2.24) is 14.9 Å². The molecule has 0 radical (unpaired) electrons. The van der Waals surface area contributed by atoms with Crippen LogP contribution >= 0.6 is 0 Å². The molecule has 7 heteroatoms. The van der Waals surface area contributed by atoms with Crippen molar-refractivity contribution >= 4 is 16.9 Å². The van der Waals surface area contributed by atoms with Crippen LogP contribution in [0.4, 0.5) is 0 Å². The largest absolute Gasteiger partial charge is 0.497 e. The normalized spacial score (nSPS) is 10.7. The van der Waals surface area contributed by atoms with Crippen molar-refractivity contribution in [3.63, 3.8) is 0 Å². The number of fused-ring (bicyclic) bond motifs is 1. The summed E-state index contributed by atoms with van der Waals surface area (Å²) in [4.78, 5) is 17.1. The van der Waals surface area contributed by atoms with E-state index in [1.807, 2.05) is 29.8 Å². The molecular formula is C20H23N3O4. The van der Waals surface area contributed by atoms with Gasteiger partial charge in [0.15, 0.2) is 0 Å². The number of carbonyl (C=O) groups excluding carboxylic acids is 1. The lowest BCUT2D eigenvalue weighted by Gasteiger charge is -2.09. The van der Waals surface area contributed by atoms with Gasteiger partial charge in [-0.2, -0.15) is 0 Å². The highest BCUT2D eigenvalue weighted by atomic mass is 16.5. The molecule has 3 aromatic rings. The molecule has 142 valence electrons. The molecule has 1 amide bonds. The molecule has 0 fully saturated rings. The van der Waals surface area contributed by atoms with Crippen LogP contribution in [-0.2, 0) is 13.5 Å². The zero-order valence-corrected chi connectivity index (χ0v) is 15.9. The van der Waals surface area contributed by atoms with E-state index in [1.165, 1.54) is 0 Å². The number of nitrogens with zero attached hydrogens (tertiary/aromatic N) is 2. The number of nitrogens with one attached hydrogen (secondary N) is 1. The van der Waals surface area contributed by atoms with Crippen molar-refractivity contribution in [1.29, 1.82) is 0 Å². The second-order valence-electron chi connectivity index (χ2n) is 6.05. The summed E-state index contributed by atoms with van der Waals surface area (Å²) < 4.78 is 17.7. The zero-order chi connectivity index (χ0) is 19.4. The summed E-state index contributed by atoms with van der Waals surface area (Å²) >= 11 is 0. The smallest absolute Gasteiger partial charge is 0.251 e. The van der Waals surface area contributed by atoms with Gasteiger partial charge in [-0.25, -0.2) is 4.98 Å². The lowest BCUT2D eigenvalue weighted by atomic mass is 10.2. The first-order valence-electron chi connectivity index (χ1n) is 8.56. The van der Waals surface area contributed by atoms with E-state index < -0.39 is 0 Å². The molecule has 0 unspecified atom stereocenters. The Morgan fingerprint density at radius 2 is 1.67 bits per heavy atom. The van der Waals surface area contributed by atoms with E-state index in [9.17, 15) is 4.79 Å². The summed E-state index contributed by atoms with van der Waals surface area (Å²) in [5.41, 5.74) is 2.38. The van der Waals surface area contributed by atoms with Gasteiger partial charge in [0.25, 0.3) is 5.91 Å². The van der Waals surface area contributed by atoms with Crippen LogP contribution < -0.4 is 19.5 Å². The van der Waals surface area contributed by atoms with Crippen molar-refractivity contribution in [3.8, 4) is 17.2 Å². The van der Waals surface area contributed by atoms with Crippen LogP contribution in [0, 0.1) is 0 Å². The van der Waals surface area contributed by atoms with Crippen LogP contribution in [0.5, 0.6) is 17.2 Å². The van der Waals surface area contributed by atoms with E-state index in [4.69, 9.17) is 14.2 Å². The van der Waals surface area contributed by atoms with Crippen LogP contribution in [-0.4, -0.2) is 43.3 Å². The van der Waals surface area contributed by atoms with Gasteiger partial charge in [-0.05, 0) is 24.3 Å². The molecule has 1 heterocycles. The molecule has 0 saturated heterocycles. The van der Waals surface area contributed by atoms with Gasteiger partial charge in [0.2, 0.25) is 0 Å². The lowest BCUT2D eigenvalue weighted by molar-refractivity contribution is 0.0953. The first kappa shape index (κ1) is 18.6. The number of aryl methyl sites for hydroxylation is 1. The number of methoxy groups -OCH3 is 3. The second-order valence-corrected chi connectivity index (χ2v) is 6.05. The average Bonchev–Trinajstić information content (AvgIpc) is 3.02. The predicted octanol–water partition coefficient (Wildman–Crippen LogP) is 2.57. The predicted molar refractivity (Wildman–Crippen MR) is 103 cm³/mol. The highest BCUT2D eigenvalue weighted by molar-refractivity contribution is 5.95. The number of carbonyl (C=O) groups is 1. The van der Waals surface area contributed by atoms with Gasteiger partial charge in [0.05, 0.1) is 32.4 Å². The van der Waals surface area contributed by atoms with E-state index in [0.717, 1.165) is 22.6 Å². The Morgan fingerprint density at radius 3 is 2.30 bits per heavy atom. The first-order valence-corrected chi connectivity index (χ1v) is 8.56. The van der Waals surface area contributed by atoms with Crippen LogP contribution in [0.15, 0.2) is 36.4 Å². The SMILES string of the molecule is COc1cc(OC)cc(C(=O)NCCc2nc3cc(OC)ccc3n2C)c1. The third-order valence-corrected chi connectivity index (χ3v) is 4.43. The number of imidazole rings is 1.